The van der Waals surface area contributed by atoms with Crippen LogP contribution in [-0.4, -0.2) is 22.9 Å². The number of aryl methyl sites for hydroxylation is 2. The largest absolute Gasteiger partial charge is 0.496 e. The van der Waals surface area contributed by atoms with Crippen LogP contribution in [0.4, 0.5) is 0 Å². The zero-order valence-corrected chi connectivity index (χ0v) is 11.9. The lowest BCUT2D eigenvalue weighted by molar-refractivity contribution is 0.112. The molecule has 2 rings (SSSR count). The number of nitrogens with zero attached hydrogens (tertiary/aromatic N) is 2. The van der Waals surface area contributed by atoms with Gasteiger partial charge >= 0.3 is 0 Å². The Hall–Kier alpha value is -2.10. The van der Waals surface area contributed by atoms with Crippen molar-refractivity contribution in [3.8, 4) is 17.0 Å². The predicted molar refractivity (Wildman–Crippen MR) is 74.8 cm³/mol. The first-order valence-electron chi connectivity index (χ1n) is 6.12. The molecule has 0 atom stereocenters. The van der Waals surface area contributed by atoms with E-state index in [0.29, 0.717) is 5.69 Å². The third-order valence-electron chi connectivity index (χ3n) is 3.58. The van der Waals surface area contributed by atoms with Crippen molar-refractivity contribution in [2.75, 3.05) is 7.11 Å². The Kier molecular flexibility index (Phi) is 3.42. The van der Waals surface area contributed by atoms with Crippen molar-refractivity contribution in [3.05, 3.63) is 34.8 Å². The summed E-state index contributed by atoms with van der Waals surface area (Å²) in [7, 11) is 3.57. The zero-order valence-electron chi connectivity index (χ0n) is 11.9. The second kappa shape index (κ2) is 4.88. The fourth-order valence-corrected chi connectivity index (χ4v) is 2.46. The van der Waals surface area contributed by atoms with Gasteiger partial charge in [-0.25, -0.2) is 4.98 Å². The van der Waals surface area contributed by atoms with E-state index in [0.717, 1.165) is 40.0 Å². The Morgan fingerprint density at radius 1 is 1.26 bits per heavy atom. The smallest absolute Gasteiger partial charge is 0.170 e. The fourth-order valence-electron chi connectivity index (χ4n) is 2.46. The van der Waals surface area contributed by atoms with Gasteiger partial charge in [0.25, 0.3) is 0 Å². The van der Waals surface area contributed by atoms with Crippen LogP contribution >= 0.6 is 0 Å². The van der Waals surface area contributed by atoms with E-state index < -0.39 is 0 Å². The van der Waals surface area contributed by atoms with Crippen LogP contribution in [0.1, 0.15) is 27.2 Å². The van der Waals surface area contributed by atoms with Gasteiger partial charge in [-0.05, 0) is 43.5 Å². The summed E-state index contributed by atoms with van der Waals surface area (Å²) in [5, 5.41) is 0. The lowest BCUT2D eigenvalue weighted by Gasteiger charge is -2.16. The maximum Gasteiger partial charge on any atom is 0.170 e. The van der Waals surface area contributed by atoms with Gasteiger partial charge in [-0.2, -0.15) is 0 Å². The van der Waals surface area contributed by atoms with Gasteiger partial charge in [0, 0.05) is 12.6 Å². The molecule has 0 aliphatic heterocycles. The van der Waals surface area contributed by atoms with Gasteiger partial charge in [-0.15, -0.1) is 0 Å². The van der Waals surface area contributed by atoms with E-state index in [2.05, 4.69) is 4.98 Å². The number of hydrogen-bond donors (Lipinski definition) is 0. The molecular weight excluding hydrogens is 240 g/mol. The number of carbonyl (C=O) groups is 1. The highest BCUT2D eigenvalue weighted by molar-refractivity contribution is 5.86. The van der Waals surface area contributed by atoms with Crippen LogP contribution in [-0.2, 0) is 7.05 Å². The molecule has 1 heterocycles. The molecule has 0 N–H and O–H groups in total. The Morgan fingerprint density at radius 2 is 1.95 bits per heavy atom. The lowest BCUT2D eigenvalue weighted by Crippen LogP contribution is -2.01. The van der Waals surface area contributed by atoms with Crippen molar-refractivity contribution in [2.24, 2.45) is 7.05 Å². The van der Waals surface area contributed by atoms with Crippen LogP contribution < -0.4 is 4.74 Å². The van der Waals surface area contributed by atoms with E-state index >= 15 is 0 Å². The number of methoxy groups -OCH3 is 1. The minimum absolute atomic E-state index is 0.471. The summed E-state index contributed by atoms with van der Waals surface area (Å²) in [5.41, 5.74) is 5.66. The van der Waals surface area contributed by atoms with Crippen molar-refractivity contribution in [1.29, 1.82) is 0 Å². The summed E-state index contributed by atoms with van der Waals surface area (Å²) >= 11 is 0. The SMILES string of the molecule is COc1cc(C)c(-c2c(C=O)ncn2C)c(C)c1C. The van der Waals surface area contributed by atoms with Crippen molar-refractivity contribution < 1.29 is 9.53 Å². The molecule has 4 heteroatoms. The van der Waals surface area contributed by atoms with Gasteiger partial charge in [0.1, 0.15) is 11.4 Å². The standard InChI is InChI=1S/C15H18N2O2/c1-9-6-13(19-5)10(2)11(3)14(9)15-12(7-18)16-8-17(15)4/h6-8H,1-5H3. The summed E-state index contributed by atoms with van der Waals surface area (Å²) < 4.78 is 7.25. The number of imidazole rings is 1. The number of aldehydes is 1. The van der Waals surface area contributed by atoms with E-state index in [9.17, 15) is 4.79 Å². The van der Waals surface area contributed by atoms with Crippen molar-refractivity contribution in [2.45, 2.75) is 20.8 Å². The number of hydrogen-bond acceptors (Lipinski definition) is 3. The molecule has 0 saturated heterocycles. The number of rotatable bonds is 3. The highest BCUT2D eigenvalue weighted by Gasteiger charge is 2.18. The summed E-state index contributed by atoms with van der Waals surface area (Å²) in [5.74, 6) is 0.869. The molecule has 4 nitrogen and oxygen atoms in total. The predicted octanol–water partition coefficient (Wildman–Crippen LogP) is 2.83. The average Bonchev–Trinajstić information content (AvgIpc) is 2.75. The lowest BCUT2D eigenvalue weighted by atomic mass is 9.94. The van der Waals surface area contributed by atoms with Crippen molar-refractivity contribution in [3.63, 3.8) is 0 Å². The van der Waals surface area contributed by atoms with Crippen LogP contribution in [0.5, 0.6) is 5.75 Å². The van der Waals surface area contributed by atoms with Gasteiger partial charge in [-0.3, -0.25) is 4.79 Å². The van der Waals surface area contributed by atoms with E-state index in [1.807, 2.05) is 38.5 Å². The molecule has 1 aromatic heterocycles. The Morgan fingerprint density at radius 3 is 2.53 bits per heavy atom. The molecule has 0 bridgehead atoms. The van der Waals surface area contributed by atoms with Crippen LogP contribution in [0.15, 0.2) is 12.4 Å². The van der Waals surface area contributed by atoms with Crippen molar-refractivity contribution in [1.82, 2.24) is 9.55 Å². The molecule has 0 aliphatic carbocycles. The summed E-state index contributed by atoms with van der Waals surface area (Å²) in [6.45, 7) is 6.09. The van der Waals surface area contributed by atoms with Gasteiger partial charge in [-0.1, -0.05) is 0 Å². The van der Waals surface area contributed by atoms with E-state index in [1.54, 1.807) is 13.4 Å². The molecule has 1 aromatic carbocycles. The van der Waals surface area contributed by atoms with Gasteiger partial charge in [0.2, 0.25) is 0 Å². The summed E-state index contributed by atoms with van der Waals surface area (Å²) in [6, 6.07) is 2.00. The van der Waals surface area contributed by atoms with E-state index in [4.69, 9.17) is 4.74 Å². The molecule has 0 aliphatic rings. The molecule has 0 saturated carbocycles. The first kappa shape index (κ1) is 13.3. The number of aromatic nitrogens is 2. The van der Waals surface area contributed by atoms with Crippen LogP contribution in [0.2, 0.25) is 0 Å². The fraction of sp³-hybridized carbons (Fsp3) is 0.333. The van der Waals surface area contributed by atoms with E-state index in [1.165, 1.54) is 0 Å². The molecule has 0 radical (unpaired) electrons. The third-order valence-corrected chi connectivity index (χ3v) is 3.58. The topological polar surface area (TPSA) is 44.1 Å². The molecular formula is C15H18N2O2. The minimum Gasteiger partial charge on any atom is -0.496 e. The average molecular weight is 258 g/mol. The van der Waals surface area contributed by atoms with E-state index in [-0.39, 0.29) is 0 Å². The zero-order chi connectivity index (χ0) is 14.2. The molecule has 19 heavy (non-hydrogen) atoms. The van der Waals surface area contributed by atoms with Crippen LogP contribution in [0, 0.1) is 20.8 Å². The highest BCUT2D eigenvalue weighted by atomic mass is 16.5. The van der Waals surface area contributed by atoms with Crippen LogP contribution in [0.3, 0.4) is 0 Å². The molecule has 100 valence electrons. The first-order valence-corrected chi connectivity index (χ1v) is 6.12. The second-order valence-corrected chi connectivity index (χ2v) is 4.73. The first-order chi connectivity index (χ1) is 9.01. The molecule has 0 unspecified atom stereocenters. The normalized spacial score (nSPS) is 10.6. The highest BCUT2D eigenvalue weighted by Crippen LogP contribution is 2.35. The minimum atomic E-state index is 0.471. The molecule has 2 aromatic rings. The number of carbonyl (C=O) groups excluding carboxylic acids is 1. The van der Waals surface area contributed by atoms with Crippen molar-refractivity contribution >= 4 is 6.29 Å². The monoisotopic (exact) mass is 258 g/mol. The van der Waals surface area contributed by atoms with Gasteiger partial charge < -0.3 is 9.30 Å². The van der Waals surface area contributed by atoms with Gasteiger partial charge in [0.05, 0.1) is 19.1 Å². The second-order valence-electron chi connectivity index (χ2n) is 4.73. The Bertz CT molecular complexity index is 642. The Balaban J connectivity index is 2.79. The maximum absolute atomic E-state index is 11.1. The molecule has 0 fully saturated rings. The quantitative estimate of drug-likeness (QED) is 0.795. The Labute approximate surface area is 113 Å². The number of ether oxygens (including phenoxy) is 1. The summed E-state index contributed by atoms with van der Waals surface area (Å²) in [4.78, 5) is 15.3. The number of benzene rings is 1. The third kappa shape index (κ3) is 2.03. The molecule has 0 amide bonds. The van der Waals surface area contributed by atoms with Crippen LogP contribution in [0.25, 0.3) is 11.3 Å². The molecule has 0 spiro atoms. The van der Waals surface area contributed by atoms with Gasteiger partial charge in [0.15, 0.2) is 6.29 Å². The maximum atomic E-state index is 11.1. The summed E-state index contributed by atoms with van der Waals surface area (Å²) in [6.07, 6.45) is 2.46.